The number of benzene rings is 1. The number of rotatable bonds is 7. The summed E-state index contributed by atoms with van der Waals surface area (Å²) in [6.07, 6.45) is 6.75. The number of aryl methyl sites for hydroxylation is 1. The molecule has 1 aromatic heterocycles. The number of ether oxygens (including phenoxy) is 2. The lowest BCUT2D eigenvalue weighted by Crippen LogP contribution is -2.17. The van der Waals surface area contributed by atoms with Crippen LogP contribution in [0.3, 0.4) is 0 Å². The number of hydrogen-bond acceptors (Lipinski definition) is 7. The molecule has 1 aliphatic carbocycles. The van der Waals surface area contributed by atoms with Crippen molar-refractivity contribution >= 4 is 28.5 Å². The molecule has 0 saturated heterocycles. The van der Waals surface area contributed by atoms with Gasteiger partial charge in [-0.1, -0.05) is 11.6 Å². The van der Waals surface area contributed by atoms with E-state index in [4.69, 9.17) is 14.3 Å². The van der Waals surface area contributed by atoms with E-state index in [1.807, 2.05) is 0 Å². The number of nitrogens with one attached hydrogen (secondary N) is 1. The van der Waals surface area contributed by atoms with Gasteiger partial charge in [-0.2, -0.15) is 5.26 Å². The van der Waals surface area contributed by atoms with Crippen LogP contribution < -0.4 is 14.8 Å². The van der Waals surface area contributed by atoms with Crippen LogP contribution in [0, 0.1) is 11.3 Å². The average Bonchev–Trinajstić information content (AvgIpc) is 2.89. The molecule has 1 aromatic carbocycles. The molecule has 8 heteroatoms. The molecule has 1 N–H and O–H groups in total. The van der Waals surface area contributed by atoms with E-state index in [-0.39, 0.29) is 12.5 Å². The summed E-state index contributed by atoms with van der Waals surface area (Å²) in [4.78, 5) is 18.5. The van der Waals surface area contributed by atoms with Crippen LogP contribution >= 0.6 is 11.3 Å². The molecule has 0 fully saturated rings. The molecule has 1 heterocycles. The third-order valence-electron chi connectivity index (χ3n) is 4.67. The first kappa shape index (κ1) is 20.7. The molecular weight excluding hydrogens is 390 g/mol. The number of nitrogens with zero attached hydrogens (tertiary/aromatic N) is 2. The number of thiophene rings is 1. The van der Waals surface area contributed by atoms with Gasteiger partial charge in [-0.25, -0.2) is 0 Å². The van der Waals surface area contributed by atoms with Crippen LogP contribution in [-0.2, 0) is 22.5 Å². The molecule has 0 saturated carbocycles. The summed E-state index contributed by atoms with van der Waals surface area (Å²) in [5, 5.41) is 16.8. The van der Waals surface area contributed by atoms with Crippen molar-refractivity contribution in [2.45, 2.75) is 32.1 Å². The van der Waals surface area contributed by atoms with Gasteiger partial charge in [0.1, 0.15) is 11.1 Å². The SMILES string of the molecule is COc1ccc(/C=N\OCC(=O)Nc2sc3c(c2C#N)CCCCC3)cc1OC. The van der Waals surface area contributed by atoms with Crippen molar-refractivity contribution in [1.29, 1.82) is 5.26 Å². The minimum atomic E-state index is -0.345. The van der Waals surface area contributed by atoms with Crippen molar-refractivity contribution in [3.63, 3.8) is 0 Å². The van der Waals surface area contributed by atoms with E-state index in [0.29, 0.717) is 22.1 Å². The zero-order valence-corrected chi connectivity index (χ0v) is 17.3. The van der Waals surface area contributed by atoms with E-state index < -0.39 is 0 Å². The van der Waals surface area contributed by atoms with Crippen molar-refractivity contribution in [2.24, 2.45) is 5.16 Å². The van der Waals surface area contributed by atoms with E-state index in [2.05, 4.69) is 16.5 Å². The highest BCUT2D eigenvalue weighted by Gasteiger charge is 2.21. The summed E-state index contributed by atoms with van der Waals surface area (Å²) >= 11 is 1.50. The fraction of sp³-hybridized carbons (Fsp3) is 0.381. The second-order valence-electron chi connectivity index (χ2n) is 6.55. The van der Waals surface area contributed by atoms with Gasteiger partial charge in [-0.15, -0.1) is 11.3 Å². The lowest BCUT2D eigenvalue weighted by molar-refractivity contribution is -0.120. The Morgan fingerprint density at radius 2 is 2.03 bits per heavy atom. The van der Waals surface area contributed by atoms with Gasteiger partial charge in [-0.3, -0.25) is 4.79 Å². The number of amides is 1. The third kappa shape index (κ3) is 5.06. The van der Waals surface area contributed by atoms with Crippen molar-refractivity contribution < 1.29 is 19.1 Å². The quantitative estimate of drug-likeness (QED) is 0.422. The standard InChI is InChI=1S/C21H23N3O4S/c1-26-17-9-8-14(10-18(17)27-2)12-23-28-13-20(25)24-21-16(11-22)15-6-4-3-5-7-19(15)29-21/h8-10,12H,3-7,13H2,1-2H3,(H,24,25)/b23-12-. The van der Waals surface area contributed by atoms with Gasteiger partial charge in [0.25, 0.3) is 5.91 Å². The molecule has 0 spiro atoms. The van der Waals surface area contributed by atoms with Gasteiger partial charge in [0.15, 0.2) is 18.1 Å². The number of oxime groups is 1. The molecular formula is C21H23N3O4S. The molecule has 29 heavy (non-hydrogen) atoms. The molecule has 7 nitrogen and oxygen atoms in total. The van der Waals surface area contributed by atoms with Crippen molar-refractivity contribution in [2.75, 3.05) is 26.1 Å². The number of nitriles is 1. The topological polar surface area (TPSA) is 92.9 Å². The Labute approximate surface area is 173 Å². The van der Waals surface area contributed by atoms with E-state index in [0.717, 1.165) is 36.8 Å². The highest BCUT2D eigenvalue weighted by atomic mass is 32.1. The highest BCUT2D eigenvalue weighted by molar-refractivity contribution is 7.16. The van der Waals surface area contributed by atoms with Gasteiger partial charge in [0.05, 0.1) is 26.0 Å². The number of anilines is 1. The summed E-state index contributed by atoms with van der Waals surface area (Å²) in [7, 11) is 3.12. The second kappa shape index (κ2) is 9.94. The van der Waals surface area contributed by atoms with Gasteiger partial charge in [-0.05, 0) is 49.4 Å². The number of carbonyl (C=O) groups is 1. The molecule has 2 aromatic rings. The molecule has 0 unspecified atom stereocenters. The van der Waals surface area contributed by atoms with E-state index in [1.165, 1.54) is 28.8 Å². The molecule has 0 bridgehead atoms. The van der Waals surface area contributed by atoms with Gasteiger partial charge >= 0.3 is 0 Å². The first-order valence-corrected chi connectivity index (χ1v) is 10.2. The van der Waals surface area contributed by atoms with E-state index in [1.54, 1.807) is 32.4 Å². The second-order valence-corrected chi connectivity index (χ2v) is 7.66. The predicted octanol–water partition coefficient (Wildman–Crippen LogP) is 3.90. The molecule has 0 aliphatic heterocycles. The summed E-state index contributed by atoms with van der Waals surface area (Å²) < 4.78 is 10.4. The first-order chi connectivity index (χ1) is 14.2. The van der Waals surface area contributed by atoms with Crippen LogP contribution in [0.25, 0.3) is 0 Å². The van der Waals surface area contributed by atoms with Gasteiger partial charge in [0, 0.05) is 10.4 Å². The largest absolute Gasteiger partial charge is 0.493 e. The Bertz CT molecular complexity index is 946. The first-order valence-electron chi connectivity index (χ1n) is 9.38. The summed E-state index contributed by atoms with van der Waals surface area (Å²) in [6.45, 7) is -0.239. The zero-order valence-electron chi connectivity index (χ0n) is 16.5. The van der Waals surface area contributed by atoms with E-state index in [9.17, 15) is 10.1 Å². The minimum absolute atomic E-state index is 0.239. The maximum atomic E-state index is 12.2. The number of hydrogen-bond donors (Lipinski definition) is 1. The Hall–Kier alpha value is -3.05. The Morgan fingerprint density at radius 3 is 2.79 bits per heavy atom. The van der Waals surface area contributed by atoms with Crippen LogP contribution in [0.2, 0.25) is 0 Å². The third-order valence-corrected chi connectivity index (χ3v) is 5.87. The Kier molecular flexibility index (Phi) is 7.09. The fourth-order valence-corrected chi connectivity index (χ4v) is 4.49. The van der Waals surface area contributed by atoms with Crippen molar-refractivity contribution in [1.82, 2.24) is 0 Å². The normalized spacial score (nSPS) is 13.3. The molecule has 1 aliphatic rings. The zero-order chi connectivity index (χ0) is 20.6. The number of methoxy groups -OCH3 is 2. The smallest absolute Gasteiger partial charge is 0.265 e. The Balaban J connectivity index is 1.57. The van der Waals surface area contributed by atoms with Crippen molar-refractivity contribution in [3.05, 3.63) is 39.8 Å². The maximum Gasteiger partial charge on any atom is 0.265 e. The highest BCUT2D eigenvalue weighted by Crippen LogP contribution is 2.36. The monoisotopic (exact) mass is 413 g/mol. The summed E-state index contributed by atoms with van der Waals surface area (Å²) in [5.74, 6) is 0.852. The molecule has 0 atom stereocenters. The summed E-state index contributed by atoms with van der Waals surface area (Å²) in [5.41, 5.74) is 2.43. The van der Waals surface area contributed by atoms with Crippen LogP contribution in [0.15, 0.2) is 23.4 Å². The number of carbonyl (C=O) groups excluding carboxylic acids is 1. The van der Waals surface area contributed by atoms with Crippen LogP contribution in [0.5, 0.6) is 11.5 Å². The lowest BCUT2D eigenvalue weighted by atomic mass is 10.1. The van der Waals surface area contributed by atoms with Crippen LogP contribution in [0.1, 0.15) is 40.8 Å². The average molecular weight is 413 g/mol. The molecule has 3 rings (SSSR count). The lowest BCUT2D eigenvalue weighted by Gasteiger charge is -2.07. The van der Waals surface area contributed by atoms with Gasteiger partial charge in [0.2, 0.25) is 0 Å². The van der Waals surface area contributed by atoms with Gasteiger partial charge < -0.3 is 19.6 Å². The number of fused-ring (bicyclic) bond motifs is 1. The molecule has 152 valence electrons. The molecule has 0 radical (unpaired) electrons. The minimum Gasteiger partial charge on any atom is -0.493 e. The van der Waals surface area contributed by atoms with Crippen LogP contribution in [-0.4, -0.2) is 32.9 Å². The maximum absolute atomic E-state index is 12.2. The predicted molar refractivity (Wildman–Crippen MR) is 112 cm³/mol. The fourth-order valence-electron chi connectivity index (χ4n) is 3.24. The Morgan fingerprint density at radius 1 is 1.24 bits per heavy atom. The van der Waals surface area contributed by atoms with E-state index >= 15 is 0 Å². The summed E-state index contributed by atoms with van der Waals surface area (Å²) in [6, 6.07) is 7.56. The van der Waals surface area contributed by atoms with Crippen molar-refractivity contribution in [3.8, 4) is 17.6 Å². The molecule has 1 amide bonds. The van der Waals surface area contributed by atoms with Crippen LogP contribution in [0.4, 0.5) is 5.00 Å².